The number of thioether (sulfide) groups is 1. The van der Waals surface area contributed by atoms with Gasteiger partial charge in [-0.05, 0) is 44.5 Å². The van der Waals surface area contributed by atoms with Crippen molar-refractivity contribution in [3.8, 4) is 0 Å². The molecule has 3 heteroatoms. The fourth-order valence-electron chi connectivity index (χ4n) is 3.17. The molecule has 16 heavy (non-hydrogen) atoms. The van der Waals surface area contributed by atoms with Gasteiger partial charge in [0.15, 0.2) is 0 Å². The molecule has 0 radical (unpaired) electrons. The van der Waals surface area contributed by atoms with Crippen molar-refractivity contribution in [3.63, 3.8) is 0 Å². The summed E-state index contributed by atoms with van der Waals surface area (Å²) in [5, 5.41) is 3.66. The van der Waals surface area contributed by atoms with Gasteiger partial charge in [0.1, 0.15) is 0 Å². The summed E-state index contributed by atoms with van der Waals surface area (Å²) in [6.07, 6.45) is 5.66. The van der Waals surface area contributed by atoms with Crippen molar-refractivity contribution in [1.82, 2.24) is 10.2 Å². The van der Waals surface area contributed by atoms with Crippen LogP contribution in [0.25, 0.3) is 0 Å². The Kier molecular flexibility index (Phi) is 4.98. The largest absolute Gasteiger partial charge is 0.314 e. The van der Waals surface area contributed by atoms with Gasteiger partial charge in [-0.1, -0.05) is 13.3 Å². The summed E-state index contributed by atoms with van der Waals surface area (Å²) in [6.45, 7) is 4.67. The number of nitrogens with one attached hydrogen (secondary N) is 1. The molecule has 0 aromatic carbocycles. The highest BCUT2D eigenvalue weighted by Gasteiger charge is 2.29. The molecule has 2 rings (SSSR count). The maximum atomic E-state index is 3.66. The van der Waals surface area contributed by atoms with E-state index in [1.54, 1.807) is 0 Å². The van der Waals surface area contributed by atoms with Gasteiger partial charge in [0.25, 0.3) is 0 Å². The van der Waals surface area contributed by atoms with E-state index in [0.717, 1.165) is 24.5 Å². The van der Waals surface area contributed by atoms with E-state index in [9.17, 15) is 0 Å². The van der Waals surface area contributed by atoms with Crippen molar-refractivity contribution in [2.45, 2.75) is 44.7 Å². The Hall–Kier alpha value is 0.270. The fourth-order valence-corrected chi connectivity index (χ4v) is 4.47. The zero-order chi connectivity index (χ0) is 11.4. The summed E-state index contributed by atoms with van der Waals surface area (Å²) in [5.41, 5.74) is 0. The van der Waals surface area contributed by atoms with Crippen LogP contribution in [0.4, 0.5) is 0 Å². The van der Waals surface area contributed by atoms with Crippen molar-refractivity contribution < 1.29 is 0 Å². The van der Waals surface area contributed by atoms with Gasteiger partial charge in [-0.3, -0.25) is 0 Å². The Morgan fingerprint density at radius 3 is 2.88 bits per heavy atom. The van der Waals surface area contributed by atoms with Crippen molar-refractivity contribution in [1.29, 1.82) is 0 Å². The van der Waals surface area contributed by atoms with Crippen LogP contribution < -0.4 is 5.32 Å². The molecular formula is C13H26N2S. The van der Waals surface area contributed by atoms with Crippen molar-refractivity contribution >= 4 is 11.8 Å². The summed E-state index contributed by atoms with van der Waals surface area (Å²) < 4.78 is 0. The normalized spacial score (nSPS) is 35.1. The molecule has 0 bridgehead atoms. The zero-order valence-electron chi connectivity index (χ0n) is 10.7. The summed E-state index contributed by atoms with van der Waals surface area (Å²) in [6, 6.07) is 1.65. The van der Waals surface area contributed by atoms with Crippen molar-refractivity contribution in [2.24, 2.45) is 5.92 Å². The molecule has 2 fully saturated rings. The van der Waals surface area contributed by atoms with Crippen LogP contribution in [-0.4, -0.2) is 48.6 Å². The Bertz CT molecular complexity index is 204. The molecule has 0 amide bonds. The minimum Gasteiger partial charge on any atom is -0.314 e. The molecule has 1 saturated heterocycles. The van der Waals surface area contributed by atoms with Crippen molar-refractivity contribution in [3.05, 3.63) is 0 Å². The van der Waals surface area contributed by atoms with Crippen LogP contribution in [0, 0.1) is 5.92 Å². The molecule has 3 atom stereocenters. The van der Waals surface area contributed by atoms with Crippen LogP contribution in [0.1, 0.15) is 32.6 Å². The first-order chi connectivity index (χ1) is 7.81. The quantitative estimate of drug-likeness (QED) is 0.796. The molecule has 94 valence electrons. The summed E-state index contributed by atoms with van der Waals surface area (Å²) in [7, 11) is 2.33. The third-order valence-corrected chi connectivity index (χ3v) is 5.32. The number of rotatable bonds is 5. The van der Waals surface area contributed by atoms with E-state index >= 15 is 0 Å². The molecular weight excluding hydrogens is 216 g/mol. The monoisotopic (exact) mass is 242 g/mol. The number of hydrogen-bond donors (Lipinski definition) is 1. The summed E-state index contributed by atoms with van der Waals surface area (Å²) >= 11 is 2.12. The predicted octanol–water partition coefficient (Wildman–Crippen LogP) is 2.20. The summed E-state index contributed by atoms with van der Waals surface area (Å²) in [5.74, 6) is 3.63. The van der Waals surface area contributed by atoms with Crippen LogP contribution in [0.15, 0.2) is 0 Å². The molecule has 0 aromatic heterocycles. The smallest absolute Gasteiger partial charge is 0.0191 e. The first-order valence-electron chi connectivity index (χ1n) is 6.82. The Labute approximate surface area is 105 Å². The predicted molar refractivity (Wildman–Crippen MR) is 73.2 cm³/mol. The molecule has 1 aliphatic carbocycles. The third kappa shape index (κ3) is 3.14. The average molecular weight is 242 g/mol. The van der Waals surface area contributed by atoms with Crippen LogP contribution in [0.2, 0.25) is 0 Å². The van der Waals surface area contributed by atoms with Crippen LogP contribution >= 0.6 is 11.8 Å². The van der Waals surface area contributed by atoms with E-state index in [4.69, 9.17) is 0 Å². The fraction of sp³-hybridized carbons (Fsp3) is 1.00. The minimum atomic E-state index is 0.793. The Morgan fingerprint density at radius 1 is 1.31 bits per heavy atom. The maximum absolute atomic E-state index is 3.66. The second kappa shape index (κ2) is 6.27. The molecule has 0 aromatic rings. The molecule has 0 spiro atoms. The lowest BCUT2D eigenvalue weighted by atomic mass is 10.0. The minimum absolute atomic E-state index is 0.793. The van der Waals surface area contributed by atoms with Gasteiger partial charge >= 0.3 is 0 Å². The SMILES string of the molecule is CCNC1CCCC1CN(C)C1CCSC1. The summed E-state index contributed by atoms with van der Waals surface area (Å²) in [4.78, 5) is 2.63. The van der Waals surface area contributed by atoms with Crippen LogP contribution in [0.5, 0.6) is 0 Å². The first kappa shape index (κ1) is 12.7. The van der Waals surface area contributed by atoms with E-state index < -0.39 is 0 Å². The van der Waals surface area contributed by atoms with Gasteiger partial charge in [0, 0.05) is 24.4 Å². The van der Waals surface area contributed by atoms with Gasteiger partial charge in [-0.15, -0.1) is 0 Å². The van der Waals surface area contributed by atoms with Gasteiger partial charge in [0.2, 0.25) is 0 Å². The lowest BCUT2D eigenvalue weighted by Crippen LogP contribution is -2.41. The highest BCUT2D eigenvalue weighted by molar-refractivity contribution is 7.99. The van der Waals surface area contributed by atoms with E-state index in [2.05, 4.69) is 35.9 Å². The highest BCUT2D eigenvalue weighted by Crippen LogP contribution is 2.28. The van der Waals surface area contributed by atoms with Crippen molar-refractivity contribution in [2.75, 3.05) is 31.6 Å². The zero-order valence-corrected chi connectivity index (χ0v) is 11.6. The second-order valence-electron chi connectivity index (χ2n) is 5.31. The van der Waals surface area contributed by atoms with E-state index in [-0.39, 0.29) is 0 Å². The maximum Gasteiger partial charge on any atom is 0.0191 e. The van der Waals surface area contributed by atoms with Crippen LogP contribution in [0.3, 0.4) is 0 Å². The topological polar surface area (TPSA) is 15.3 Å². The molecule has 3 unspecified atom stereocenters. The van der Waals surface area contributed by atoms with Crippen LogP contribution in [-0.2, 0) is 0 Å². The second-order valence-corrected chi connectivity index (χ2v) is 6.46. The molecule has 1 saturated carbocycles. The van der Waals surface area contributed by atoms with E-state index in [1.807, 2.05) is 0 Å². The standard InChI is InChI=1S/C13H26N2S/c1-3-14-13-6-4-5-11(13)9-15(2)12-7-8-16-10-12/h11-14H,3-10H2,1-2H3. The molecule has 1 aliphatic heterocycles. The molecule has 1 N–H and O–H groups in total. The van der Waals surface area contributed by atoms with Gasteiger partial charge < -0.3 is 10.2 Å². The van der Waals surface area contributed by atoms with Gasteiger partial charge in [0.05, 0.1) is 0 Å². The Balaban J connectivity index is 1.78. The molecule has 1 heterocycles. The van der Waals surface area contributed by atoms with E-state index in [1.165, 1.54) is 43.7 Å². The van der Waals surface area contributed by atoms with Gasteiger partial charge in [-0.25, -0.2) is 0 Å². The average Bonchev–Trinajstić information content (AvgIpc) is 2.90. The Morgan fingerprint density at radius 2 is 2.19 bits per heavy atom. The number of hydrogen-bond acceptors (Lipinski definition) is 3. The third-order valence-electron chi connectivity index (χ3n) is 4.18. The number of nitrogens with zero attached hydrogens (tertiary/aromatic N) is 1. The lowest BCUT2D eigenvalue weighted by Gasteiger charge is -2.29. The highest BCUT2D eigenvalue weighted by atomic mass is 32.2. The first-order valence-corrected chi connectivity index (χ1v) is 7.98. The molecule has 2 nitrogen and oxygen atoms in total. The van der Waals surface area contributed by atoms with E-state index in [0.29, 0.717) is 0 Å². The molecule has 2 aliphatic rings. The lowest BCUT2D eigenvalue weighted by molar-refractivity contribution is 0.206. The van der Waals surface area contributed by atoms with Gasteiger partial charge in [-0.2, -0.15) is 11.8 Å².